The molecule has 3 heterocycles. The molecule has 3 N–H and O–H groups in total. The van der Waals surface area contributed by atoms with Crippen LogP contribution in [0.1, 0.15) is 37.7 Å². The van der Waals surface area contributed by atoms with E-state index in [2.05, 4.69) is 43.5 Å². The highest BCUT2D eigenvalue weighted by Crippen LogP contribution is 2.42. The summed E-state index contributed by atoms with van der Waals surface area (Å²) in [7, 11) is 2.22. The van der Waals surface area contributed by atoms with Crippen LogP contribution in [-0.4, -0.2) is 53.1 Å². The fourth-order valence-corrected chi connectivity index (χ4v) is 4.95. The Morgan fingerprint density at radius 2 is 2.17 bits per heavy atom. The van der Waals surface area contributed by atoms with E-state index in [0.717, 1.165) is 37.6 Å². The quantitative estimate of drug-likeness (QED) is 0.691. The summed E-state index contributed by atoms with van der Waals surface area (Å²) in [5, 5.41) is 16.8. The number of aromatic nitrogens is 2. The third kappa shape index (κ3) is 3.52. The molecule has 152 valence electrons. The molecule has 0 bridgehead atoms. The molecule has 1 aliphatic carbocycles. The number of likely N-dealkylation sites (N-methyl/N-ethyl adjacent to an activating group) is 1. The summed E-state index contributed by atoms with van der Waals surface area (Å²) in [6, 6.07) is 6.51. The fourth-order valence-electron chi connectivity index (χ4n) is 4.67. The predicted molar refractivity (Wildman–Crippen MR) is 116 cm³/mol. The molecule has 3 aliphatic rings. The third-order valence-electron chi connectivity index (χ3n) is 6.56. The van der Waals surface area contributed by atoms with Crippen molar-refractivity contribution >= 4 is 34.7 Å². The number of hydrogen-bond donors (Lipinski definition) is 3. The number of nitrogens with zero attached hydrogens (tertiary/aromatic N) is 4. The van der Waals surface area contributed by atoms with Gasteiger partial charge in [0.25, 0.3) is 0 Å². The maximum Gasteiger partial charge on any atom is 0.206 e. The van der Waals surface area contributed by atoms with E-state index in [-0.39, 0.29) is 5.54 Å². The Bertz CT molecular complexity index is 960. The number of nitriles is 1. The van der Waals surface area contributed by atoms with E-state index in [0.29, 0.717) is 28.3 Å². The first-order valence-corrected chi connectivity index (χ1v) is 10.7. The van der Waals surface area contributed by atoms with Crippen molar-refractivity contribution in [3.05, 3.63) is 28.9 Å². The van der Waals surface area contributed by atoms with Gasteiger partial charge in [-0.05, 0) is 57.8 Å². The summed E-state index contributed by atoms with van der Waals surface area (Å²) in [4.78, 5) is 12.5. The third-order valence-corrected chi connectivity index (χ3v) is 6.96. The zero-order valence-electron chi connectivity index (χ0n) is 16.6. The van der Waals surface area contributed by atoms with Gasteiger partial charge in [-0.1, -0.05) is 11.6 Å². The standard InChI is InChI=1S/C21H26ClN7/c1-28-7-2-5-21(28)6-8-29(13-21)17-10-14(11-23)9-16(19(17)22)26-20-24-12-18(27-20)25-15-3-4-15/h9-10,12,15,25H,2-8,13H2,1H3,(H2,24,26,27). The number of halogens is 1. The molecule has 2 saturated heterocycles. The summed E-state index contributed by atoms with van der Waals surface area (Å²) in [6.07, 6.45) is 7.85. The molecule has 1 atom stereocenters. The zero-order chi connectivity index (χ0) is 20.0. The molecule has 1 aromatic heterocycles. The van der Waals surface area contributed by atoms with Crippen molar-refractivity contribution in [3.63, 3.8) is 0 Å². The molecule has 0 radical (unpaired) electrons. The summed E-state index contributed by atoms with van der Waals surface area (Å²) in [5.74, 6) is 1.44. The van der Waals surface area contributed by atoms with Crippen LogP contribution in [0.2, 0.25) is 5.02 Å². The summed E-state index contributed by atoms with van der Waals surface area (Å²) < 4.78 is 0. The lowest BCUT2D eigenvalue weighted by atomic mass is 9.96. The van der Waals surface area contributed by atoms with E-state index in [1.807, 2.05) is 12.3 Å². The van der Waals surface area contributed by atoms with E-state index in [1.165, 1.54) is 25.7 Å². The number of hydrogen-bond acceptors (Lipinski definition) is 6. The Morgan fingerprint density at radius 3 is 2.90 bits per heavy atom. The van der Waals surface area contributed by atoms with Crippen LogP contribution in [0.25, 0.3) is 0 Å². The second-order valence-corrected chi connectivity index (χ2v) is 8.95. The van der Waals surface area contributed by atoms with Crippen molar-refractivity contribution in [2.24, 2.45) is 0 Å². The van der Waals surface area contributed by atoms with E-state index in [4.69, 9.17) is 11.6 Å². The van der Waals surface area contributed by atoms with Crippen molar-refractivity contribution in [2.75, 3.05) is 42.2 Å². The number of imidazole rings is 1. The highest BCUT2D eigenvalue weighted by molar-refractivity contribution is 6.36. The molecule has 2 aliphatic heterocycles. The molecule has 1 spiro atoms. The Morgan fingerprint density at radius 1 is 1.31 bits per heavy atom. The van der Waals surface area contributed by atoms with E-state index in [9.17, 15) is 5.26 Å². The monoisotopic (exact) mass is 411 g/mol. The normalized spacial score (nSPS) is 24.2. The first-order valence-electron chi connectivity index (χ1n) is 10.4. The Labute approximate surface area is 176 Å². The lowest BCUT2D eigenvalue weighted by Gasteiger charge is -2.32. The second-order valence-electron chi connectivity index (χ2n) is 8.57. The van der Waals surface area contributed by atoms with Gasteiger partial charge in [0.2, 0.25) is 5.95 Å². The highest BCUT2D eigenvalue weighted by atomic mass is 35.5. The minimum absolute atomic E-state index is 0.240. The Kier molecular flexibility index (Phi) is 4.56. The summed E-state index contributed by atoms with van der Waals surface area (Å²) in [6.45, 7) is 3.06. The summed E-state index contributed by atoms with van der Waals surface area (Å²) >= 11 is 6.82. The molecule has 8 heteroatoms. The van der Waals surface area contributed by atoms with Crippen LogP contribution in [0.3, 0.4) is 0 Å². The number of rotatable bonds is 5. The largest absolute Gasteiger partial charge is 0.368 e. The van der Waals surface area contributed by atoms with Crippen LogP contribution in [0, 0.1) is 11.3 Å². The first-order chi connectivity index (χ1) is 14.1. The van der Waals surface area contributed by atoms with Crippen LogP contribution in [-0.2, 0) is 0 Å². The van der Waals surface area contributed by atoms with E-state index < -0.39 is 0 Å². The molecule has 1 aromatic carbocycles. The average Bonchev–Trinajstić information content (AvgIpc) is 3.10. The molecule has 1 unspecified atom stereocenters. The van der Waals surface area contributed by atoms with Crippen molar-refractivity contribution < 1.29 is 0 Å². The van der Waals surface area contributed by atoms with Crippen LogP contribution in [0.15, 0.2) is 18.3 Å². The minimum Gasteiger partial charge on any atom is -0.368 e. The lowest BCUT2D eigenvalue weighted by Crippen LogP contribution is -2.43. The number of benzene rings is 1. The van der Waals surface area contributed by atoms with Crippen molar-refractivity contribution in [1.82, 2.24) is 14.9 Å². The van der Waals surface area contributed by atoms with E-state index in [1.54, 1.807) is 6.07 Å². The van der Waals surface area contributed by atoms with Gasteiger partial charge in [0.15, 0.2) is 0 Å². The molecule has 1 saturated carbocycles. The molecule has 5 rings (SSSR count). The van der Waals surface area contributed by atoms with Gasteiger partial charge >= 0.3 is 0 Å². The fraction of sp³-hybridized carbons (Fsp3) is 0.524. The number of H-pyrrole nitrogens is 1. The van der Waals surface area contributed by atoms with Gasteiger partial charge in [-0.3, -0.25) is 4.90 Å². The average molecular weight is 412 g/mol. The molecule has 2 aromatic rings. The molecule has 29 heavy (non-hydrogen) atoms. The first kappa shape index (κ1) is 18.6. The smallest absolute Gasteiger partial charge is 0.206 e. The molecule has 3 fully saturated rings. The number of aromatic amines is 1. The number of likely N-dealkylation sites (tertiary alicyclic amines) is 1. The predicted octanol–water partition coefficient (Wildman–Crippen LogP) is 3.93. The van der Waals surface area contributed by atoms with Gasteiger partial charge in [0.1, 0.15) is 5.82 Å². The van der Waals surface area contributed by atoms with Gasteiger partial charge in [-0.15, -0.1) is 0 Å². The van der Waals surface area contributed by atoms with Crippen LogP contribution in [0.4, 0.5) is 23.1 Å². The van der Waals surface area contributed by atoms with Gasteiger partial charge < -0.3 is 20.5 Å². The maximum atomic E-state index is 9.56. The van der Waals surface area contributed by atoms with Gasteiger partial charge in [-0.2, -0.15) is 10.2 Å². The Hall–Kier alpha value is -2.43. The highest BCUT2D eigenvalue weighted by Gasteiger charge is 2.44. The topological polar surface area (TPSA) is 83.0 Å². The summed E-state index contributed by atoms with van der Waals surface area (Å²) in [5.41, 5.74) is 2.46. The molecular formula is C21H26ClN7. The van der Waals surface area contributed by atoms with Gasteiger partial charge in [0.05, 0.1) is 28.0 Å². The lowest BCUT2D eigenvalue weighted by molar-refractivity contribution is 0.198. The van der Waals surface area contributed by atoms with Crippen molar-refractivity contribution in [3.8, 4) is 6.07 Å². The number of anilines is 4. The maximum absolute atomic E-state index is 9.56. The molecule has 0 amide bonds. The SMILES string of the molecule is CN1CCCC12CCN(c1cc(C#N)cc(Nc3nc(NC4CC4)c[nH]3)c1Cl)C2. The second kappa shape index (κ2) is 7.12. The van der Waals surface area contributed by atoms with Crippen LogP contribution >= 0.6 is 11.6 Å². The van der Waals surface area contributed by atoms with E-state index >= 15 is 0 Å². The van der Waals surface area contributed by atoms with Gasteiger partial charge in [0, 0.05) is 30.9 Å². The van der Waals surface area contributed by atoms with Crippen LogP contribution in [0.5, 0.6) is 0 Å². The zero-order valence-corrected chi connectivity index (χ0v) is 17.4. The van der Waals surface area contributed by atoms with Gasteiger partial charge in [-0.25, -0.2) is 0 Å². The molecular weight excluding hydrogens is 386 g/mol. The van der Waals surface area contributed by atoms with Crippen molar-refractivity contribution in [2.45, 2.75) is 43.7 Å². The number of nitrogens with one attached hydrogen (secondary N) is 3. The Balaban J connectivity index is 1.40. The van der Waals surface area contributed by atoms with Crippen LogP contribution < -0.4 is 15.5 Å². The van der Waals surface area contributed by atoms with Crippen molar-refractivity contribution in [1.29, 1.82) is 5.26 Å². The molecule has 7 nitrogen and oxygen atoms in total. The minimum atomic E-state index is 0.240.